The minimum absolute atomic E-state index is 0.0928. The van der Waals surface area contributed by atoms with Gasteiger partial charge in [-0.05, 0) is 54.6 Å². The van der Waals surface area contributed by atoms with E-state index < -0.39 is 0 Å². The Morgan fingerprint density at radius 1 is 1.03 bits per heavy atom. The van der Waals surface area contributed by atoms with Gasteiger partial charge in [0.15, 0.2) is 5.88 Å². The van der Waals surface area contributed by atoms with E-state index in [1.54, 1.807) is 22.8 Å². The fourth-order valence-electron chi connectivity index (χ4n) is 3.42. The Balaban J connectivity index is 1.52. The zero-order valence-electron chi connectivity index (χ0n) is 15.9. The second kappa shape index (κ2) is 7.96. The van der Waals surface area contributed by atoms with Crippen LogP contribution in [-0.4, -0.2) is 26.6 Å². The minimum Gasteiger partial charge on any atom is -0.494 e. The summed E-state index contributed by atoms with van der Waals surface area (Å²) in [7, 11) is 2.06. The Labute approximate surface area is 174 Å². The van der Waals surface area contributed by atoms with Gasteiger partial charge in [0.25, 0.3) is 0 Å². The SMILES string of the molecule is CN(Cc1ccc(Cl)cc1)Cc1ccc(-n2c(O)cc3cc(C#N)ccc32)nc1. The summed E-state index contributed by atoms with van der Waals surface area (Å²) >= 11 is 5.94. The molecule has 2 aromatic heterocycles. The van der Waals surface area contributed by atoms with Crippen molar-refractivity contribution in [2.75, 3.05) is 7.05 Å². The van der Waals surface area contributed by atoms with E-state index in [1.165, 1.54) is 5.56 Å². The lowest BCUT2D eigenvalue weighted by atomic mass is 10.2. The van der Waals surface area contributed by atoms with Gasteiger partial charge in [-0.1, -0.05) is 29.8 Å². The zero-order valence-corrected chi connectivity index (χ0v) is 16.6. The molecule has 0 aliphatic rings. The van der Waals surface area contributed by atoms with E-state index in [0.29, 0.717) is 11.4 Å². The Morgan fingerprint density at radius 3 is 2.45 bits per heavy atom. The van der Waals surface area contributed by atoms with E-state index in [0.717, 1.165) is 34.6 Å². The first-order valence-corrected chi connectivity index (χ1v) is 9.54. The lowest BCUT2D eigenvalue weighted by Gasteiger charge is -2.17. The van der Waals surface area contributed by atoms with Gasteiger partial charge in [0, 0.05) is 35.8 Å². The Bertz CT molecular complexity index is 1190. The second-order valence-electron chi connectivity index (χ2n) is 7.05. The topological polar surface area (TPSA) is 65.1 Å². The molecule has 2 aromatic carbocycles. The number of hydrogen-bond donors (Lipinski definition) is 1. The average molecular weight is 403 g/mol. The molecule has 1 N–H and O–H groups in total. The van der Waals surface area contributed by atoms with Gasteiger partial charge in [0.1, 0.15) is 5.82 Å². The maximum absolute atomic E-state index is 10.4. The Morgan fingerprint density at radius 2 is 1.76 bits per heavy atom. The van der Waals surface area contributed by atoms with Gasteiger partial charge in [-0.25, -0.2) is 4.98 Å². The molecule has 0 saturated carbocycles. The van der Waals surface area contributed by atoms with Crippen LogP contribution < -0.4 is 0 Å². The van der Waals surface area contributed by atoms with Gasteiger partial charge in [-0.3, -0.25) is 9.47 Å². The molecule has 0 saturated heterocycles. The molecular weight excluding hydrogens is 384 g/mol. The molecule has 6 heteroatoms. The first kappa shape index (κ1) is 19.0. The van der Waals surface area contributed by atoms with Crippen LogP contribution in [0.3, 0.4) is 0 Å². The van der Waals surface area contributed by atoms with E-state index >= 15 is 0 Å². The maximum atomic E-state index is 10.4. The number of benzene rings is 2. The molecule has 0 aliphatic heterocycles. The summed E-state index contributed by atoms with van der Waals surface area (Å²) in [5.74, 6) is 0.724. The molecule has 0 bridgehead atoms. The average Bonchev–Trinajstić information content (AvgIpc) is 3.05. The van der Waals surface area contributed by atoms with Gasteiger partial charge in [-0.15, -0.1) is 0 Å². The van der Waals surface area contributed by atoms with Crippen LogP contribution in [-0.2, 0) is 13.1 Å². The summed E-state index contributed by atoms with van der Waals surface area (Å²) in [6.45, 7) is 1.56. The van der Waals surface area contributed by atoms with Crippen molar-refractivity contribution < 1.29 is 5.11 Å². The monoisotopic (exact) mass is 402 g/mol. The van der Waals surface area contributed by atoms with Gasteiger partial charge < -0.3 is 5.11 Å². The van der Waals surface area contributed by atoms with E-state index in [9.17, 15) is 5.11 Å². The molecule has 0 unspecified atom stereocenters. The molecule has 4 rings (SSSR count). The normalized spacial score (nSPS) is 11.1. The number of fused-ring (bicyclic) bond motifs is 1. The second-order valence-corrected chi connectivity index (χ2v) is 7.48. The molecule has 0 atom stereocenters. The van der Waals surface area contributed by atoms with Crippen molar-refractivity contribution in [2.45, 2.75) is 13.1 Å². The summed E-state index contributed by atoms with van der Waals surface area (Å²) < 4.78 is 1.68. The Kier molecular flexibility index (Phi) is 5.22. The van der Waals surface area contributed by atoms with Crippen molar-refractivity contribution in [3.8, 4) is 17.8 Å². The predicted octanol–water partition coefficient (Wildman–Crippen LogP) is 4.89. The van der Waals surface area contributed by atoms with Crippen LogP contribution in [0.2, 0.25) is 5.02 Å². The van der Waals surface area contributed by atoms with Crippen LogP contribution in [0.15, 0.2) is 66.9 Å². The van der Waals surface area contributed by atoms with Crippen molar-refractivity contribution in [2.24, 2.45) is 0 Å². The highest BCUT2D eigenvalue weighted by Crippen LogP contribution is 2.28. The number of pyridine rings is 1. The van der Waals surface area contributed by atoms with Crippen LogP contribution in [0.4, 0.5) is 0 Å². The predicted molar refractivity (Wildman–Crippen MR) is 114 cm³/mol. The summed E-state index contributed by atoms with van der Waals surface area (Å²) in [6, 6.07) is 20.8. The lowest BCUT2D eigenvalue weighted by molar-refractivity contribution is 0.318. The van der Waals surface area contributed by atoms with Crippen LogP contribution in [0.5, 0.6) is 5.88 Å². The van der Waals surface area contributed by atoms with Crippen molar-refractivity contribution in [3.05, 3.63) is 88.6 Å². The molecule has 0 radical (unpaired) electrons. The van der Waals surface area contributed by atoms with Crippen LogP contribution in [0, 0.1) is 11.3 Å². The van der Waals surface area contributed by atoms with Crippen molar-refractivity contribution in [3.63, 3.8) is 0 Å². The maximum Gasteiger partial charge on any atom is 0.197 e. The highest BCUT2D eigenvalue weighted by molar-refractivity contribution is 6.30. The number of nitriles is 1. The van der Waals surface area contributed by atoms with Crippen molar-refractivity contribution in [1.29, 1.82) is 5.26 Å². The van der Waals surface area contributed by atoms with E-state index in [4.69, 9.17) is 16.9 Å². The molecule has 29 heavy (non-hydrogen) atoms. The summed E-state index contributed by atoms with van der Waals surface area (Å²) in [6.07, 6.45) is 1.82. The highest BCUT2D eigenvalue weighted by Gasteiger charge is 2.12. The largest absolute Gasteiger partial charge is 0.494 e. The van der Waals surface area contributed by atoms with Crippen LogP contribution >= 0.6 is 11.6 Å². The first-order valence-electron chi connectivity index (χ1n) is 9.16. The van der Waals surface area contributed by atoms with Gasteiger partial charge in [0.2, 0.25) is 0 Å². The fourth-order valence-corrected chi connectivity index (χ4v) is 3.55. The smallest absolute Gasteiger partial charge is 0.197 e. The van der Waals surface area contributed by atoms with Gasteiger partial charge in [-0.2, -0.15) is 5.26 Å². The van der Waals surface area contributed by atoms with Crippen LogP contribution in [0.1, 0.15) is 16.7 Å². The van der Waals surface area contributed by atoms with Gasteiger partial charge >= 0.3 is 0 Å². The molecule has 0 aliphatic carbocycles. The molecule has 0 amide bonds. The lowest BCUT2D eigenvalue weighted by Crippen LogP contribution is -2.17. The first-order chi connectivity index (χ1) is 14.0. The van der Waals surface area contributed by atoms with Crippen LogP contribution in [0.25, 0.3) is 16.7 Å². The number of rotatable bonds is 5. The van der Waals surface area contributed by atoms with Gasteiger partial charge in [0.05, 0.1) is 17.1 Å². The number of halogens is 1. The molecule has 144 valence electrons. The van der Waals surface area contributed by atoms with Crippen molar-refractivity contribution in [1.82, 2.24) is 14.5 Å². The van der Waals surface area contributed by atoms with Crippen molar-refractivity contribution >= 4 is 22.5 Å². The molecule has 5 nitrogen and oxygen atoms in total. The quantitative estimate of drug-likeness (QED) is 0.516. The summed E-state index contributed by atoms with van der Waals surface area (Å²) in [4.78, 5) is 6.74. The summed E-state index contributed by atoms with van der Waals surface area (Å²) in [5.41, 5.74) is 3.64. The molecule has 0 spiro atoms. The number of aromatic nitrogens is 2. The number of nitrogens with zero attached hydrogens (tertiary/aromatic N) is 4. The zero-order chi connectivity index (χ0) is 20.4. The molecular formula is C23H19ClN4O. The van der Waals surface area contributed by atoms with E-state index in [2.05, 4.69) is 23.0 Å². The molecule has 0 fully saturated rings. The third-order valence-corrected chi connectivity index (χ3v) is 5.02. The van der Waals surface area contributed by atoms with E-state index in [-0.39, 0.29) is 5.88 Å². The molecule has 4 aromatic rings. The minimum atomic E-state index is 0.0928. The summed E-state index contributed by atoms with van der Waals surface area (Å²) in [5, 5.41) is 21.0. The molecule has 2 heterocycles. The number of aromatic hydroxyl groups is 1. The fraction of sp³-hybridized carbons (Fsp3) is 0.130. The number of hydrogen-bond acceptors (Lipinski definition) is 4. The highest BCUT2D eigenvalue weighted by atomic mass is 35.5. The third-order valence-electron chi connectivity index (χ3n) is 4.77. The Hall–Kier alpha value is -3.33. The van der Waals surface area contributed by atoms with E-state index in [1.807, 2.05) is 48.7 Å². The standard InChI is InChI=1S/C23H19ClN4O/c1-27(14-16-2-6-20(24)7-3-16)15-18-5-9-22(26-13-18)28-21-8-4-17(12-25)10-19(21)11-23(28)29/h2-11,13,29H,14-15H2,1H3. The third kappa shape index (κ3) is 4.09.